The Hall–Kier alpha value is -3.75. The number of hydrogen-bond donors (Lipinski definition) is 1. The molecule has 0 saturated carbocycles. The van der Waals surface area contributed by atoms with Crippen molar-refractivity contribution in [2.45, 2.75) is 26.9 Å². The number of rotatable bonds is 9. The van der Waals surface area contributed by atoms with Crippen molar-refractivity contribution >= 4 is 29.3 Å². The van der Waals surface area contributed by atoms with Crippen LogP contribution in [-0.4, -0.2) is 12.5 Å². The molecule has 3 aromatic carbocycles. The van der Waals surface area contributed by atoms with Gasteiger partial charge < -0.3 is 14.8 Å². The number of anilines is 1. The van der Waals surface area contributed by atoms with E-state index < -0.39 is 5.91 Å². The largest absolute Gasteiger partial charge is 0.490 e. The summed E-state index contributed by atoms with van der Waals surface area (Å²) in [6.07, 6.45) is 2.44. The minimum atomic E-state index is -0.473. The van der Waals surface area contributed by atoms with Gasteiger partial charge in [-0.25, -0.2) is 0 Å². The molecule has 0 aliphatic carbocycles. The number of amides is 1. The Balaban J connectivity index is 1.77. The van der Waals surface area contributed by atoms with Gasteiger partial charge in [0.2, 0.25) is 0 Å². The molecule has 0 saturated heterocycles. The van der Waals surface area contributed by atoms with Crippen LogP contribution in [0.1, 0.15) is 30.5 Å². The molecule has 0 spiro atoms. The van der Waals surface area contributed by atoms with E-state index in [0.29, 0.717) is 34.4 Å². The van der Waals surface area contributed by atoms with Gasteiger partial charge in [-0.05, 0) is 60.9 Å². The molecule has 0 aliphatic rings. The van der Waals surface area contributed by atoms with Crippen molar-refractivity contribution in [3.63, 3.8) is 0 Å². The second kappa shape index (κ2) is 11.8. The van der Waals surface area contributed by atoms with Crippen LogP contribution in [0.25, 0.3) is 6.08 Å². The Morgan fingerprint density at radius 3 is 2.45 bits per heavy atom. The Bertz CT molecular complexity index is 1180. The molecule has 0 bridgehead atoms. The maximum Gasteiger partial charge on any atom is 0.266 e. The van der Waals surface area contributed by atoms with Crippen LogP contribution in [0.2, 0.25) is 5.02 Å². The van der Waals surface area contributed by atoms with E-state index in [9.17, 15) is 10.1 Å². The number of hydrogen-bond acceptors (Lipinski definition) is 4. The zero-order valence-corrected chi connectivity index (χ0v) is 19.4. The monoisotopic (exact) mass is 460 g/mol. The second-order valence-corrected chi connectivity index (χ2v) is 7.60. The quantitative estimate of drug-likeness (QED) is 0.295. The van der Waals surface area contributed by atoms with E-state index >= 15 is 0 Å². The molecule has 1 N–H and O–H groups in total. The van der Waals surface area contributed by atoms with E-state index in [1.165, 1.54) is 11.6 Å². The van der Waals surface area contributed by atoms with Crippen LogP contribution in [0.3, 0.4) is 0 Å². The first-order chi connectivity index (χ1) is 16.0. The normalized spacial score (nSPS) is 10.9. The minimum absolute atomic E-state index is 0.0123. The summed E-state index contributed by atoms with van der Waals surface area (Å²) in [5, 5.41) is 12.9. The van der Waals surface area contributed by atoms with Crippen LogP contribution in [0.15, 0.2) is 72.3 Å². The van der Waals surface area contributed by atoms with Crippen molar-refractivity contribution in [1.29, 1.82) is 5.26 Å². The summed E-state index contributed by atoms with van der Waals surface area (Å²) in [5.74, 6) is 0.595. The van der Waals surface area contributed by atoms with Gasteiger partial charge in [-0.1, -0.05) is 54.9 Å². The highest BCUT2D eigenvalue weighted by Gasteiger charge is 2.12. The molecule has 0 aliphatic heterocycles. The first kappa shape index (κ1) is 23.9. The van der Waals surface area contributed by atoms with Crippen molar-refractivity contribution in [3.8, 4) is 17.6 Å². The number of aryl methyl sites for hydroxylation is 1. The number of nitrogens with zero attached hydrogens (tertiary/aromatic N) is 1. The zero-order chi connectivity index (χ0) is 23.6. The topological polar surface area (TPSA) is 71.3 Å². The van der Waals surface area contributed by atoms with Crippen molar-refractivity contribution < 1.29 is 14.3 Å². The van der Waals surface area contributed by atoms with Crippen molar-refractivity contribution in [1.82, 2.24) is 0 Å². The first-order valence-corrected chi connectivity index (χ1v) is 11.1. The Morgan fingerprint density at radius 1 is 1.03 bits per heavy atom. The highest BCUT2D eigenvalue weighted by Crippen LogP contribution is 2.31. The molecule has 0 unspecified atom stereocenters. The smallest absolute Gasteiger partial charge is 0.266 e. The third kappa shape index (κ3) is 6.61. The van der Waals surface area contributed by atoms with Gasteiger partial charge >= 0.3 is 0 Å². The van der Waals surface area contributed by atoms with Crippen molar-refractivity contribution in [3.05, 3.63) is 94.0 Å². The molecule has 0 heterocycles. The zero-order valence-electron chi connectivity index (χ0n) is 18.6. The molecule has 0 radical (unpaired) electrons. The third-order valence-electron chi connectivity index (χ3n) is 4.90. The standard InChI is InChI=1S/C27H25ClN2O3/c1-3-19-9-12-23(13-10-19)30-27(31)22(17-29)15-20-11-14-25(26(16-20)32-4-2)33-18-21-7-5-6-8-24(21)28/h5-16H,3-4,18H2,1-2H3,(H,30,31)/b22-15-. The molecule has 0 aromatic heterocycles. The van der Waals surface area contributed by atoms with Crippen LogP contribution in [-0.2, 0) is 17.8 Å². The lowest BCUT2D eigenvalue weighted by Gasteiger charge is -2.13. The number of nitriles is 1. The second-order valence-electron chi connectivity index (χ2n) is 7.19. The van der Waals surface area contributed by atoms with E-state index in [1.54, 1.807) is 18.2 Å². The fraction of sp³-hybridized carbons (Fsp3) is 0.185. The van der Waals surface area contributed by atoms with Crippen LogP contribution in [0, 0.1) is 11.3 Å². The molecule has 3 rings (SSSR count). The number of benzene rings is 3. The number of carbonyl (C=O) groups excluding carboxylic acids is 1. The summed E-state index contributed by atoms with van der Waals surface area (Å²) in [5.41, 5.74) is 3.31. The van der Waals surface area contributed by atoms with Crippen molar-refractivity contribution in [2.24, 2.45) is 0 Å². The number of ether oxygens (including phenoxy) is 2. The Kier molecular flexibility index (Phi) is 8.51. The van der Waals surface area contributed by atoms with Gasteiger partial charge in [-0.3, -0.25) is 4.79 Å². The molecule has 168 valence electrons. The van der Waals surface area contributed by atoms with Gasteiger partial charge in [0, 0.05) is 16.3 Å². The molecule has 0 atom stereocenters. The highest BCUT2D eigenvalue weighted by atomic mass is 35.5. The third-order valence-corrected chi connectivity index (χ3v) is 5.27. The van der Waals surface area contributed by atoms with Crippen LogP contribution in [0.4, 0.5) is 5.69 Å². The van der Waals surface area contributed by atoms with Crippen molar-refractivity contribution in [2.75, 3.05) is 11.9 Å². The fourth-order valence-electron chi connectivity index (χ4n) is 3.11. The van der Waals surface area contributed by atoms with E-state index in [1.807, 2.05) is 61.5 Å². The van der Waals surface area contributed by atoms with E-state index in [0.717, 1.165) is 12.0 Å². The summed E-state index contributed by atoms with van der Waals surface area (Å²) in [7, 11) is 0. The Morgan fingerprint density at radius 2 is 1.79 bits per heavy atom. The lowest BCUT2D eigenvalue weighted by Crippen LogP contribution is -2.13. The summed E-state index contributed by atoms with van der Waals surface area (Å²) in [6.45, 7) is 4.67. The molecule has 6 heteroatoms. The SMILES string of the molecule is CCOc1cc(/C=C(/C#N)C(=O)Nc2ccc(CC)cc2)ccc1OCc1ccccc1Cl. The number of halogens is 1. The number of nitrogens with one attached hydrogen (secondary N) is 1. The summed E-state index contributed by atoms with van der Waals surface area (Å²) < 4.78 is 11.6. The molecule has 5 nitrogen and oxygen atoms in total. The fourth-order valence-corrected chi connectivity index (χ4v) is 3.30. The lowest BCUT2D eigenvalue weighted by atomic mass is 10.1. The first-order valence-electron chi connectivity index (χ1n) is 10.7. The van der Waals surface area contributed by atoms with Crippen LogP contribution in [0.5, 0.6) is 11.5 Å². The van der Waals surface area contributed by atoms with E-state index in [4.69, 9.17) is 21.1 Å². The average Bonchev–Trinajstić information content (AvgIpc) is 2.83. The maximum absolute atomic E-state index is 12.6. The summed E-state index contributed by atoms with van der Waals surface area (Å²) in [4.78, 5) is 12.6. The lowest BCUT2D eigenvalue weighted by molar-refractivity contribution is -0.112. The van der Waals surface area contributed by atoms with Crippen LogP contribution < -0.4 is 14.8 Å². The maximum atomic E-state index is 12.6. The van der Waals surface area contributed by atoms with Crippen LogP contribution >= 0.6 is 11.6 Å². The van der Waals surface area contributed by atoms with Gasteiger partial charge in [-0.15, -0.1) is 0 Å². The average molecular weight is 461 g/mol. The molecular formula is C27H25ClN2O3. The molecular weight excluding hydrogens is 436 g/mol. The summed E-state index contributed by atoms with van der Waals surface area (Å²) >= 11 is 6.21. The summed E-state index contributed by atoms with van der Waals surface area (Å²) in [6, 6.07) is 22.2. The van der Waals surface area contributed by atoms with Gasteiger partial charge in [0.05, 0.1) is 6.61 Å². The van der Waals surface area contributed by atoms with Gasteiger partial charge in [0.1, 0.15) is 18.2 Å². The van der Waals surface area contributed by atoms with Gasteiger partial charge in [0.15, 0.2) is 11.5 Å². The molecule has 3 aromatic rings. The van der Waals surface area contributed by atoms with Gasteiger partial charge in [-0.2, -0.15) is 5.26 Å². The Labute approximate surface area is 199 Å². The predicted octanol–water partition coefficient (Wildman–Crippen LogP) is 6.43. The molecule has 0 fully saturated rings. The molecule has 1 amide bonds. The predicted molar refractivity (Wildman–Crippen MR) is 131 cm³/mol. The van der Waals surface area contributed by atoms with E-state index in [2.05, 4.69) is 12.2 Å². The molecule has 33 heavy (non-hydrogen) atoms. The van der Waals surface area contributed by atoms with Gasteiger partial charge in [0.25, 0.3) is 5.91 Å². The minimum Gasteiger partial charge on any atom is -0.490 e. The van der Waals surface area contributed by atoms with E-state index in [-0.39, 0.29) is 12.2 Å². The highest BCUT2D eigenvalue weighted by molar-refractivity contribution is 6.31. The number of carbonyl (C=O) groups is 1.